The molecule has 3 aromatic rings. The third-order valence-electron chi connectivity index (χ3n) is 5.34. The highest BCUT2D eigenvalue weighted by atomic mass is 32.2. The number of nitrogens with one attached hydrogen (secondary N) is 2. The fraction of sp³-hybridized carbons (Fsp3) is 0.269. The highest BCUT2D eigenvalue weighted by molar-refractivity contribution is 7.92. The highest BCUT2D eigenvalue weighted by Gasteiger charge is 2.22. The van der Waals surface area contributed by atoms with E-state index in [9.17, 15) is 13.2 Å². The number of carbonyl (C=O) groups is 1. The summed E-state index contributed by atoms with van der Waals surface area (Å²) in [5, 5.41) is 3.08. The first-order valence-corrected chi connectivity index (χ1v) is 12.2. The zero-order valence-electron chi connectivity index (χ0n) is 18.9. The van der Waals surface area contributed by atoms with Crippen LogP contribution in [-0.2, 0) is 10.0 Å². The second-order valence-electron chi connectivity index (χ2n) is 8.47. The average Bonchev–Trinajstić information content (AvgIpc) is 2.75. The number of hydrogen-bond donors (Lipinski definition) is 2. The van der Waals surface area contributed by atoms with Crippen LogP contribution in [0.4, 0.5) is 5.69 Å². The number of amides is 1. The van der Waals surface area contributed by atoms with Gasteiger partial charge in [0.15, 0.2) is 0 Å². The predicted octanol–water partition coefficient (Wildman–Crippen LogP) is 5.62. The van der Waals surface area contributed by atoms with Crippen LogP contribution in [0.15, 0.2) is 77.7 Å². The number of anilines is 1. The summed E-state index contributed by atoms with van der Waals surface area (Å²) in [6.45, 7) is 7.78. The molecule has 168 valence electrons. The van der Waals surface area contributed by atoms with Crippen molar-refractivity contribution >= 4 is 21.6 Å². The van der Waals surface area contributed by atoms with E-state index in [1.54, 1.807) is 31.2 Å². The smallest absolute Gasteiger partial charge is 0.262 e. The minimum atomic E-state index is -3.85. The molecule has 0 fully saturated rings. The Labute approximate surface area is 190 Å². The van der Waals surface area contributed by atoms with Gasteiger partial charge in [-0.2, -0.15) is 0 Å². The Morgan fingerprint density at radius 3 is 2.19 bits per heavy atom. The van der Waals surface area contributed by atoms with Gasteiger partial charge in [-0.3, -0.25) is 9.52 Å². The van der Waals surface area contributed by atoms with Crippen molar-refractivity contribution < 1.29 is 13.2 Å². The molecule has 0 aliphatic carbocycles. The van der Waals surface area contributed by atoms with Crippen molar-refractivity contribution in [1.29, 1.82) is 0 Å². The molecule has 1 unspecified atom stereocenters. The topological polar surface area (TPSA) is 75.3 Å². The second kappa shape index (κ2) is 10.0. The van der Waals surface area contributed by atoms with Crippen LogP contribution in [-0.4, -0.2) is 14.3 Å². The normalized spacial score (nSPS) is 12.4. The van der Waals surface area contributed by atoms with E-state index in [2.05, 4.69) is 23.9 Å². The van der Waals surface area contributed by atoms with Crippen molar-refractivity contribution in [1.82, 2.24) is 5.32 Å². The van der Waals surface area contributed by atoms with Gasteiger partial charge >= 0.3 is 0 Å². The van der Waals surface area contributed by atoms with Crippen LogP contribution < -0.4 is 10.0 Å². The monoisotopic (exact) mass is 450 g/mol. The summed E-state index contributed by atoms with van der Waals surface area (Å²) in [5.74, 6) is 0.0830. The second-order valence-corrected chi connectivity index (χ2v) is 10.1. The number of para-hydroxylation sites is 1. The van der Waals surface area contributed by atoms with E-state index in [4.69, 9.17) is 0 Å². The number of benzene rings is 3. The summed E-state index contributed by atoms with van der Waals surface area (Å²) >= 11 is 0. The fourth-order valence-electron chi connectivity index (χ4n) is 3.59. The summed E-state index contributed by atoms with van der Waals surface area (Å²) in [6.07, 6.45) is 0.779. The zero-order chi connectivity index (χ0) is 23.3. The zero-order valence-corrected chi connectivity index (χ0v) is 19.7. The maximum atomic E-state index is 13.1. The molecule has 0 heterocycles. The van der Waals surface area contributed by atoms with Crippen LogP contribution in [0.3, 0.4) is 0 Å². The lowest BCUT2D eigenvalue weighted by atomic mass is 9.96. The molecule has 5 nitrogen and oxygen atoms in total. The van der Waals surface area contributed by atoms with E-state index in [0.717, 1.165) is 17.5 Å². The highest BCUT2D eigenvalue weighted by Crippen LogP contribution is 2.25. The Bertz CT molecular complexity index is 1190. The molecule has 0 radical (unpaired) electrons. The van der Waals surface area contributed by atoms with E-state index < -0.39 is 10.0 Å². The molecule has 1 amide bonds. The van der Waals surface area contributed by atoms with Gasteiger partial charge in [0, 0.05) is 5.56 Å². The van der Waals surface area contributed by atoms with Gasteiger partial charge in [0.1, 0.15) is 0 Å². The van der Waals surface area contributed by atoms with Crippen molar-refractivity contribution in [2.24, 2.45) is 5.92 Å². The van der Waals surface area contributed by atoms with Crippen LogP contribution in [0.5, 0.6) is 0 Å². The van der Waals surface area contributed by atoms with E-state index in [1.807, 2.05) is 49.4 Å². The molecule has 0 aliphatic heterocycles. The van der Waals surface area contributed by atoms with Crippen LogP contribution in [0.25, 0.3) is 0 Å². The molecular weight excluding hydrogens is 420 g/mol. The molecule has 2 N–H and O–H groups in total. The molecular formula is C26H30N2O3S. The quantitative estimate of drug-likeness (QED) is 0.468. The van der Waals surface area contributed by atoms with Crippen molar-refractivity contribution in [3.8, 4) is 0 Å². The van der Waals surface area contributed by atoms with Crippen LogP contribution >= 0.6 is 0 Å². The van der Waals surface area contributed by atoms with Crippen molar-refractivity contribution in [3.63, 3.8) is 0 Å². The van der Waals surface area contributed by atoms with Gasteiger partial charge in [0.05, 0.1) is 16.6 Å². The maximum Gasteiger partial charge on any atom is 0.262 e. The molecule has 1 atom stereocenters. The number of sulfonamides is 1. The minimum absolute atomic E-state index is 0.0912. The summed E-state index contributed by atoms with van der Waals surface area (Å²) in [7, 11) is -3.85. The SMILES string of the molecule is Cc1ccccc1NS(=O)(=O)c1cc(C(=O)NC(CC(C)C)c2ccccc2)ccc1C. The Kier molecular flexibility index (Phi) is 7.36. The standard InChI is InChI=1S/C26H30N2O3S/c1-18(2)16-24(21-11-6-5-7-12-21)27-26(29)22-15-14-20(4)25(17-22)32(30,31)28-23-13-9-8-10-19(23)3/h5-15,17-18,24,28H,16H2,1-4H3,(H,27,29). The molecule has 6 heteroatoms. The minimum Gasteiger partial charge on any atom is -0.345 e. The summed E-state index contributed by atoms with van der Waals surface area (Å²) < 4.78 is 28.8. The first-order chi connectivity index (χ1) is 15.2. The Morgan fingerprint density at radius 1 is 0.875 bits per heavy atom. The molecule has 0 aliphatic rings. The lowest BCUT2D eigenvalue weighted by molar-refractivity contribution is 0.0931. The lowest BCUT2D eigenvalue weighted by Crippen LogP contribution is -2.29. The third kappa shape index (κ3) is 5.77. The Hall–Kier alpha value is -3.12. The lowest BCUT2D eigenvalue weighted by Gasteiger charge is -2.21. The van der Waals surface area contributed by atoms with Crippen LogP contribution in [0.2, 0.25) is 0 Å². The van der Waals surface area contributed by atoms with Crippen LogP contribution in [0, 0.1) is 19.8 Å². The molecule has 0 saturated heterocycles. The Balaban J connectivity index is 1.88. The van der Waals surface area contributed by atoms with Gasteiger partial charge in [-0.15, -0.1) is 0 Å². The molecule has 0 saturated carbocycles. The molecule has 0 spiro atoms. The number of carbonyl (C=O) groups excluding carboxylic acids is 1. The van der Waals surface area contributed by atoms with Gasteiger partial charge in [0.25, 0.3) is 15.9 Å². The van der Waals surface area contributed by atoms with Gasteiger partial charge in [-0.1, -0.05) is 68.4 Å². The number of hydrogen-bond acceptors (Lipinski definition) is 3. The predicted molar refractivity (Wildman–Crippen MR) is 129 cm³/mol. The largest absolute Gasteiger partial charge is 0.345 e. The van der Waals surface area contributed by atoms with E-state index in [0.29, 0.717) is 22.7 Å². The van der Waals surface area contributed by atoms with E-state index in [-0.39, 0.29) is 16.8 Å². The van der Waals surface area contributed by atoms with Gasteiger partial charge in [0.2, 0.25) is 0 Å². The van der Waals surface area contributed by atoms with Gasteiger partial charge in [-0.25, -0.2) is 8.42 Å². The van der Waals surface area contributed by atoms with E-state index >= 15 is 0 Å². The van der Waals surface area contributed by atoms with Gasteiger partial charge in [-0.05, 0) is 61.1 Å². The average molecular weight is 451 g/mol. The fourth-order valence-corrected chi connectivity index (χ4v) is 5.00. The molecule has 0 bridgehead atoms. The third-order valence-corrected chi connectivity index (χ3v) is 6.85. The maximum absolute atomic E-state index is 13.1. The van der Waals surface area contributed by atoms with Gasteiger partial charge < -0.3 is 5.32 Å². The summed E-state index contributed by atoms with van der Waals surface area (Å²) in [6, 6.07) is 21.6. The number of rotatable bonds is 8. The molecule has 32 heavy (non-hydrogen) atoms. The van der Waals surface area contributed by atoms with Crippen molar-refractivity contribution in [3.05, 3.63) is 95.1 Å². The summed E-state index contributed by atoms with van der Waals surface area (Å²) in [4.78, 5) is 13.2. The van der Waals surface area contributed by atoms with Crippen molar-refractivity contribution in [2.45, 2.75) is 45.1 Å². The van der Waals surface area contributed by atoms with Crippen LogP contribution in [0.1, 0.15) is 53.4 Å². The summed E-state index contributed by atoms with van der Waals surface area (Å²) in [5.41, 5.74) is 3.25. The molecule has 0 aromatic heterocycles. The van der Waals surface area contributed by atoms with E-state index in [1.165, 1.54) is 6.07 Å². The molecule has 3 aromatic carbocycles. The van der Waals surface area contributed by atoms with Crippen molar-refractivity contribution in [2.75, 3.05) is 4.72 Å². The first-order valence-electron chi connectivity index (χ1n) is 10.7. The Morgan fingerprint density at radius 2 is 1.53 bits per heavy atom. The number of aryl methyl sites for hydroxylation is 2. The first kappa shape index (κ1) is 23.5. The molecule has 3 rings (SSSR count).